The molecule has 1 heterocycles. The van der Waals surface area contributed by atoms with Gasteiger partial charge in [0.25, 0.3) is 0 Å². The topological polar surface area (TPSA) is 72.9 Å². The van der Waals surface area contributed by atoms with Gasteiger partial charge < -0.3 is 20.2 Å². The molecular formula is C14H25N3O3. The highest BCUT2D eigenvalue weighted by molar-refractivity contribution is 5.86. The molecule has 0 spiro atoms. The Labute approximate surface area is 120 Å². The van der Waals surface area contributed by atoms with E-state index in [9.17, 15) is 14.7 Å². The third kappa shape index (κ3) is 3.06. The van der Waals surface area contributed by atoms with Gasteiger partial charge in [-0.3, -0.25) is 0 Å². The van der Waals surface area contributed by atoms with E-state index in [1.54, 1.807) is 11.8 Å². The Morgan fingerprint density at radius 1 is 1.35 bits per heavy atom. The number of hydrogen-bond acceptors (Lipinski definition) is 3. The molecule has 20 heavy (non-hydrogen) atoms. The van der Waals surface area contributed by atoms with Crippen molar-refractivity contribution in [1.29, 1.82) is 0 Å². The largest absolute Gasteiger partial charge is 0.480 e. The predicted molar refractivity (Wildman–Crippen MR) is 75.6 cm³/mol. The Kier molecular flexibility index (Phi) is 4.22. The number of carbonyl (C=O) groups is 2. The molecule has 1 saturated heterocycles. The molecule has 1 aliphatic heterocycles. The lowest BCUT2D eigenvalue weighted by Crippen LogP contribution is -2.58. The number of likely N-dealkylation sites (tertiary alicyclic amines) is 1. The second-order valence-electron chi connectivity index (χ2n) is 6.46. The number of rotatable bonds is 5. The smallest absolute Gasteiger partial charge is 0.329 e. The molecule has 1 saturated carbocycles. The van der Waals surface area contributed by atoms with Crippen LogP contribution in [0.1, 0.15) is 32.6 Å². The molecule has 2 N–H and O–H groups in total. The van der Waals surface area contributed by atoms with Gasteiger partial charge in [-0.05, 0) is 52.6 Å². The normalized spacial score (nSPS) is 25.6. The van der Waals surface area contributed by atoms with E-state index in [1.807, 2.05) is 14.1 Å². The van der Waals surface area contributed by atoms with Crippen LogP contribution in [0.2, 0.25) is 0 Å². The molecule has 2 fully saturated rings. The van der Waals surface area contributed by atoms with Crippen LogP contribution < -0.4 is 5.32 Å². The van der Waals surface area contributed by atoms with Crippen LogP contribution in [-0.2, 0) is 4.79 Å². The SMILES string of the molecule is CN(C)CC1CCCN1C(=O)NC(C)(C(=O)O)C1CC1. The maximum atomic E-state index is 12.4. The first-order valence-corrected chi connectivity index (χ1v) is 7.31. The van der Waals surface area contributed by atoms with Crippen LogP contribution in [0.3, 0.4) is 0 Å². The summed E-state index contributed by atoms with van der Waals surface area (Å²) in [6.07, 6.45) is 3.73. The summed E-state index contributed by atoms with van der Waals surface area (Å²) in [7, 11) is 3.97. The first-order chi connectivity index (χ1) is 9.34. The molecule has 6 heteroatoms. The monoisotopic (exact) mass is 283 g/mol. The molecule has 2 aliphatic rings. The molecule has 2 unspecified atom stereocenters. The van der Waals surface area contributed by atoms with Crippen molar-refractivity contribution in [3.05, 3.63) is 0 Å². The summed E-state index contributed by atoms with van der Waals surface area (Å²) >= 11 is 0. The zero-order chi connectivity index (χ0) is 14.9. The Morgan fingerprint density at radius 2 is 2.00 bits per heavy atom. The lowest BCUT2D eigenvalue weighted by molar-refractivity contribution is -0.144. The van der Waals surface area contributed by atoms with Crippen molar-refractivity contribution in [3.8, 4) is 0 Å². The van der Waals surface area contributed by atoms with Crippen molar-refractivity contribution in [2.75, 3.05) is 27.2 Å². The molecule has 6 nitrogen and oxygen atoms in total. The predicted octanol–water partition coefficient (Wildman–Crippen LogP) is 0.975. The maximum absolute atomic E-state index is 12.4. The number of carboxylic acid groups (broad SMARTS) is 1. The summed E-state index contributed by atoms with van der Waals surface area (Å²) in [6, 6.07) is -0.0478. The minimum Gasteiger partial charge on any atom is -0.480 e. The van der Waals surface area contributed by atoms with E-state index in [2.05, 4.69) is 10.2 Å². The van der Waals surface area contributed by atoms with Gasteiger partial charge in [0.05, 0.1) is 0 Å². The summed E-state index contributed by atoms with van der Waals surface area (Å²) in [5, 5.41) is 12.2. The van der Waals surface area contributed by atoms with Crippen LogP contribution in [-0.4, -0.2) is 65.7 Å². The zero-order valence-corrected chi connectivity index (χ0v) is 12.6. The van der Waals surface area contributed by atoms with E-state index in [4.69, 9.17) is 0 Å². The Hall–Kier alpha value is -1.30. The van der Waals surface area contributed by atoms with Gasteiger partial charge in [-0.1, -0.05) is 0 Å². The highest BCUT2D eigenvalue weighted by atomic mass is 16.4. The number of urea groups is 1. The molecule has 114 valence electrons. The summed E-state index contributed by atoms with van der Waals surface area (Å²) < 4.78 is 0. The Bertz CT molecular complexity index is 395. The molecule has 0 aromatic rings. The fourth-order valence-corrected chi connectivity index (χ4v) is 3.00. The zero-order valence-electron chi connectivity index (χ0n) is 12.6. The minimum atomic E-state index is -1.12. The van der Waals surface area contributed by atoms with Gasteiger partial charge in [-0.15, -0.1) is 0 Å². The number of amides is 2. The second kappa shape index (κ2) is 5.60. The van der Waals surface area contributed by atoms with E-state index in [-0.39, 0.29) is 18.0 Å². The number of nitrogens with one attached hydrogen (secondary N) is 1. The quantitative estimate of drug-likeness (QED) is 0.789. The van der Waals surface area contributed by atoms with Gasteiger partial charge in [0.1, 0.15) is 5.54 Å². The number of likely N-dealkylation sites (N-methyl/N-ethyl adjacent to an activating group) is 1. The first kappa shape index (κ1) is 15.1. The number of hydrogen-bond donors (Lipinski definition) is 2. The van der Waals surface area contributed by atoms with Crippen LogP contribution >= 0.6 is 0 Å². The summed E-state index contributed by atoms with van der Waals surface area (Å²) in [6.45, 7) is 3.16. The molecule has 0 aromatic heterocycles. The summed E-state index contributed by atoms with van der Waals surface area (Å²) in [4.78, 5) is 27.8. The van der Waals surface area contributed by atoms with Gasteiger partial charge in [0, 0.05) is 19.1 Å². The lowest BCUT2D eigenvalue weighted by Gasteiger charge is -2.32. The van der Waals surface area contributed by atoms with E-state index in [0.29, 0.717) is 6.54 Å². The van der Waals surface area contributed by atoms with Crippen LogP contribution in [0.25, 0.3) is 0 Å². The average Bonchev–Trinajstić information content (AvgIpc) is 3.10. The number of aliphatic carboxylic acids is 1. The van der Waals surface area contributed by atoms with Crippen molar-refractivity contribution in [3.63, 3.8) is 0 Å². The van der Waals surface area contributed by atoms with Gasteiger partial charge in [0.2, 0.25) is 0 Å². The minimum absolute atomic E-state index is 0.0684. The molecule has 0 aromatic carbocycles. The van der Waals surface area contributed by atoms with Gasteiger partial charge in [0.15, 0.2) is 0 Å². The molecule has 2 atom stereocenters. The average molecular weight is 283 g/mol. The van der Waals surface area contributed by atoms with Crippen molar-refractivity contribution < 1.29 is 14.7 Å². The first-order valence-electron chi connectivity index (χ1n) is 7.31. The van der Waals surface area contributed by atoms with Crippen molar-refractivity contribution >= 4 is 12.0 Å². The molecule has 2 rings (SSSR count). The highest BCUT2D eigenvalue weighted by Gasteiger charge is 2.49. The summed E-state index contributed by atoms with van der Waals surface area (Å²) in [5.41, 5.74) is -1.12. The summed E-state index contributed by atoms with van der Waals surface area (Å²) in [5.74, 6) is -0.865. The number of nitrogens with zero attached hydrogens (tertiary/aromatic N) is 2. The molecular weight excluding hydrogens is 258 g/mol. The fraction of sp³-hybridized carbons (Fsp3) is 0.857. The van der Waals surface area contributed by atoms with Crippen LogP contribution in [0, 0.1) is 5.92 Å². The van der Waals surface area contributed by atoms with Crippen molar-refractivity contribution in [2.24, 2.45) is 5.92 Å². The van der Waals surface area contributed by atoms with Crippen LogP contribution in [0.5, 0.6) is 0 Å². The second-order valence-corrected chi connectivity index (χ2v) is 6.46. The molecule has 2 amide bonds. The standard InChI is InChI=1S/C14H25N3O3/c1-14(12(18)19,10-6-7-10)15-13(20)17-8-4-5-11(17)9-16(2)3/h10-11H,4-9H2,1-3H3,(H,15,20)(H,18,19). The van der Waals surface area contributed by atoms with E-state index >= 15 is 0 Å². The van der Waals surface area contributed by atoms with Crippen LogP contribution in [0.4, 0.5) is 4.79 Å². The Morgan fingerprint density at radius 3 is 2.50 bits per heavy atom. The number of carboxylic acids is 1. The third-order valence-corrected chi connectivity index (χ3v) is 4.42. The molecule has 0 radical (unpaired) electrons. The van der Waals surface area contributed by atoms with Crippen molar-refractivity contribution in [1.82, 2.24) is 15.1 Å². The highest BCUT2D eigenvalue weighted by Crippen LogP contribution is 2.40. The Balaban J connectivity index is 2.01. The third-order valence-electron chi connectivity index (χ3n) is 4.42. The van der Waals surface area contributed by atoms with Crippen molar-refractivity contribution in [2.45, 2.75) is 44.2 Å². The fourth-order valence-electron chi connectivity index (χ4n) is 3.00. The van der Waals surface area contributed by atoms with E-state index < -0.39 is 11.5 Å². The maximum Gasteiger partial charge on any atom is 0.329 e. The molecule has 1 aliphatic carbocycles. The lowest BCUT2D eigenvalue weighted by atomic mass is 9.96. The molecule has 0 bridgehead atoms. The van der Waals surface area contributed by atoms with Gasteiger partial charge >= 0.3 is 12.0 Å². The van der Waals surface area contributed by atoms with Gasteiger partial charge in [-0.2, -0.15) is 0 Å². The van der Waals surface area contributed by atoms with E-state index in [1.165, 1.54) is 0 Å². The number of carbonyl (C=O) groups excluding carboxylic acids is 1. The van der Waals surface area contributed by atoms with Gasteiger partial charge in [-0.25, -0.2) is 9.59 Å². The van der Waals surface area contributed by atoms with Crippen LogP contribution in [0.15, 0.2) is 0 Å². The van der Waals surface area contributed by atoms with E-state index in [0.717, 1.165) is 32.2 Å².